The van der Waals surface area contributed by atoms with Gasteiger partial charge in [-0.3, -0.25) is 0 Å². The Morgan fingerprint density at radius 1 is 0.971 bits per heavy atom. The second kappa shape index (κ2) is 11.5. The maximum Gasteiger partial charge on any atom is 0.335 e. The van der Waals surface area contributed by atoms with E-state index in [2.05, 4.69) is 18.4 Å². The van der Waals surface area contributed by atoms with Crippen LogP contribution in [-0.4, -0.2) is 39.5 Å². The summed E-state index contributed by atoms with van der Waals surface area (Å²) in [4.78, 5) is 12.6. The molecule has 180 valence electrons. The number of sulfonamides is 1. The summed E-state index contributed by atoms with van der Waals surface area (Å²) in [6.45, 7) is 5.58. The quantitative estimate of drug-likeness (QED) is 0.264. The third kappa shape index (κ3) is 6.18. The molecule has 35 heavy (non-hydrogen) atoms. The Morgan fingerprint density at radius 3 is 2.17 bits per heavy atom. The number of carbonyl (C=O) groups excluding carboxylic acids is 1. The lowest BCUT2D eigenvalue weighted by Gasteiger charge is -2.30. The second-order valence-corrected chi connectivity index (χ2v) is 9.61. The molecule has 3 rings (SSSR count). The van der Waals surface area contributed by atoms with Gasteiger partial charge in [0.05, 0.1) is 37.3 Å². The van der Waals surface area contributed by atoms with Crippen molar-refractivity contribution >= 4 is 16.0 Å². The SMILES string of the molecule is C=C(C(=O)OC)[C@@H](c1ccc(OC)cc1)N(CC#Cc1ccccc1)S(=O)(=O)c1ccc(C)cc1. The van der Waals surface area contributed by atoms with Gasteiger partial charge in [-0.2, -0.15) is 4.31 Å². The summed E-state index contributed by atoms with van der Waals surface area (Å²) in [6.07, 6.45) is 0. The zero-order chi connectivity index (χ0) is 25.4. The highest BCUT2D eigenvalue weighted by molar-refractivity contribution is 7.89. The Morgan fingerprint density at radius 2 is 1.60 bits per heavy atom. The number of carbonyl (C=O) groups is 1. The molecule has 0 saturated heterocycles. The van der Waals surface area contributed by atoms with E-state index in [1.165, 1.54) is 30.7 Å². The molecule has 0 radical (unpaired) electrons. The van der Waals surface area contributed by atoms with Crippen molar-refractivity contribution in [1.82, 2.24) is 4.31 Å². The van der Waals surface area contributed by atoms with Crippen LogP contribution in [0, 0.1) is 18.8 Å². The molecule has 0 aliphatic rings. The van der Waals surface area contributed by atoms with E-state index >= 15 is 0 Å². The first-order valence-corrected chi connectivity index (χ1v) is 12.3. The molecule has 0 bridgehead atoms. The fraction of sp³-hybridized carbons (Fsp3) is 0.179. The number of aryl methyl sites for hydroxylation is 1. The van der Waals surface area contributed by atoms with E-state index in [9.17, 15) is 13.2 Å². The molecule has 0 N–H and O–H groups in total. The minimum atomic E-state index is -4.09. The molecule has 3 aromatic rings. The average Bonchev–Trinajstić information content (AvgIpc) is 2.88. The molecule has 0 unspecified atom stereocenters. The summed E-state index contributed by atoms with van der Waals surface area (Å²) in [5, 5.41) is 0. The molecular weight excluding hydrogens is 462 g/mol. The van der Waals surface area contributed by atoms with Crippen LogP contribution in [-0.2, 0) is 19.6 Å². The highest BCUT2D eigenvalue weighted by atomic mass is 32.2. The fourth-order valence-electron chi connectivity index (χ4n) is 3.47. The standard InChI is InChI=1S/C28H27NO5S/c1-21-12-18-26(19-13-21)35(31,32)29(20-8-11-23-9-6-5-7-10-23)27(22(2)28(30)34-4)24-14-16-25(33-3)17-15-24/h5-7,9-10,12-19,27H,2,20H2,1,3-4H3/t27-/m0/s1. The summed E-state index contributed by atoms with van der Waals surface area (Å²) in [5.74, 6) is 5.82. The number of esters is 1. The first-order chi connectivity index (χ1) is 16.8. The van der Waals surface area contributed by atoms with Crippen LogP contribution < -0.4 is 4.74 Å². The number of nitrogens with zero attached hydrogens (tertiary/aromatic N) is 1. The van der Waals surface area contributed by atoms with Crippen LogP contribution in [0.2, 0.25) is 0 Å². The molecule has 0 aromatic heterocycles. The molecule has 1 atom stereocenters. The van der Waals surface area contributed by atoms with Crippen molar-refractivity contribution in [2.24, 2.45) is 0 Å². The second-order valence-electron chi connectivity index (χ2n) is 7.72. The summed E-state index contributed by atoms with van der Waals surface area (Å²) < 4.78 is 39.1. The van der Waals surface area contributed by atoms with Crippen molar-refractivity contribution in [3.8, 4) is 17.6 Å². The molecular formula is C28H27NO5S. The average molecular weight is 490 g/mol. The summed E-state index contributed by atoms with van der Waals surface area (Å²) in [5.41, 5.74) is 2.16. The minimum absolute atomic E-state index is 0.0325. The number of hydrogen-bond donors (Lipinski definition) is 0. The van der Waals surface area contributed by atoms with Crippen LogP contribution >= 0.6 is 0 Å². The third-order valence-corrected chi connectivity index (χ3v) is 7.19. The number of methoxy groups -OCH3 is 2. The molecule has 0 aliphatic heterocycles. The highest BCUT2D eigenvalue weighted by Crippen LogP contribution is 2.34. The van der Waals surface area contributed by atoms with Crippen molar-refractivity contribution in [2.45, 2.75) is 17.9 Å². The highest BCUT2D eigenvalue weighted by Gasteiger charge is 2.36. The lowest BCUT2D eigenvalue weighted by Crippen LogP contribution is -2.37. The fourth-order valence-corrected chi connectivity index (χ4v) is 4.98. The van der Waals surface area contributed by atoms with Gasteiger partial charge >= 0.3 is 5.97 Å². The van der Waals surface area contributed by atoms with Crippen molar-refractivity contribution in [2.75, 3.05) is 20.8 Å². The molecule has 0 amide bonds. The van der Waals surface area contributed by atoms with Crippen LogP contribution in [0.1, 0.15) is 22.7 Å². The van der Waals surface area contributed by atoms with E-state index in [-0.39, 0.29) is 17.0 Å². The number of hydrogen-bond acceptors (Lipinski definition) is 5. The molecule has 0 fully saturated rings. The molecule has 6 nitrogen and oxygen atoms in total. The summed E-state index contributed by atoms with van der Waals surface area (Å²) in [7, 11) is -1.33. The van der Waals surface area contributed by atoms with Crippen molar-refractivity contribution in [3.63, 3.8) is 0 Å². The lowest BCUT2D eigenvalue weighted by molar-refractivity contribution is -0.136. The van der Waals surface area contributed by atoms with Gasteiger partial charge < -0.3 is 9.47 Å². The van der Waals surface area contributed by atoms with E-state index in [0.29, 0.717) is 11.3 Å². The van der Waals surface area contributed by atoms with Gasteiger partial charge in [0.1, 0.15) is 5.75 Å². The predicted octanol–water partition coefficient (Wildman–Crippen LogP) is 4.52. The van der Waals surface area contributed by atoms with Gasteiger partial charge in [0, 0.05) is 5.56 Å². The van der Waals surface area contributed by atoms with E-state index in [0.717, 1.165) is 11.1 Å². The van der Waals surface area contributed by atoms with Crippen LogP contribution in [0.3, 0.4) is 0 Å². The van der Waals surface area contributed by atoms with Crippen LogP contribution in [0.4, 0.5) is 0 Å². The molecule has 0 spiro atoms. The predicted molar refractivity (Wildman–Crippen MR) is 135 cm³/mol. The maximum atomic E-state index is 13.9. The number of rotatable bonds is 8. The maximum absolute atomic E-state index is 13.9. The van der Waals surface area contributed by atoms with Gasteiger partial charge in [-0.1, -0.05) is 66.4 Å². The van der Waals surface area contributed by atoms with Crippen molar-refractivity contribution in [1.29, 1.82) is 0 Å². The Bertz CT molecular complexity index is 1340. The first-order valence-electron chi connectivity index (χ1n) is 10.8. The minimum Gasteiger partial charge on any atom is -0.497 e. The molecule has 0 heterocycles. The van der Waals surface area contributed by atoms with Crippen molar-refractivity contribution < 1.29 is 22.7 Å². The number of ether oxygens (including phenoxy) is 2. The van der Waals surface area contributed by atoms with E-state index in [1.54, 1.807) is 36.4 Å². The van der Waals surface area contributed by atoms with E-state index in [1.807, 2.05) is 37.3 Å². The monoisotopic (exact) mass is 489 g/mol. The summed E-state index contributed by atoms with van der Waals surface area (Å²) >= 11 is 0. The normalized spacial score (nSPS) is 11.8. The first kappa shape index (κ1) is 25.8. The lowest BCUT2D eigenvalue weighted by atomic mass is 9.99. The van der Waals surface area contributed by atoms with Crippen molar-refractivity contribution in [3.05, 3.63) is 108 Å². The van der Waals surface area contributed by atoms with Crippen LogP contribution in [0.25, 0.3) is 0 Å². The van der Waals surface area contributed by atoms with Gasteiger partial charge in [0.25, 0.3) is 0 Å². The third-order valence-electron chi connectivity index (χ3n) is 5.37. The molecule has 0 saturated carbocycles. The van der Waals surface area contributed by atoms with Gasteiger partial charge in [-0.05, 0) is 48.9 Å². The zero-order valence-electron chi connectivity index (χ0n) is 19.9. The zero-order valence-corrected chi connectivity index (χ0v) is 20.7. The van der Waals surface area contributed by atoms with Gasteiger partial charge in [0.2, 0.25) is 10.0 Å². The topological polar surface area (TPSA) is 72.9 Å². The van der Waals surface area contributed by atoms with Gasteiger partial charge in [0.15, 0.2) is 0 Å². The Labute approximate surface area is 206 Å². The molecule has 7 heteroatoms. The van der Waals surface area contributed by atoms with E-state index < -0.39 is 22.0 Å². The Balaban J connectivity index is 2.16. The largest absolute Gasteiger partial charge is 0.497 e. The summed E-state index contributed by atoms with van der Waals surface area (Å²) in [6, 6.07) is 21.5. The molecule has 0 aliphatic carbocycles. The Kier molecular flexibility index (Phi) is 8.48. The van der Waals surface area contributed by atoms with Crippen LogP contribution in [0.5, 0.6) is 5.75 Å². The van der Waals surface area contributed by atoms with Gasteiger partial charge in [-0.15, -0.1) is 0 Å². The molecule has 3 aromatic carbocycles. The van der Waals surface area contributed by atoms with Gasteiger partial charge in [-0.25, -0.2) is 13.2 Å². The smallest absolute Gasteiger partial charge is 0.335 e. The number of benzene rings is 3. The van der Waals surface area contributed by atoms with E-state index in [4.69, 9.17) is 9.47 Å². The Hall–Kier alpha value is -3.86. The van der Waals surface area contributed by atoms with Crippen LogP contribution in [0.15, 0.2) is 95.9 Å².